The maximum absolute atomic E-state index is 12.8. The number of ether oxygens (including phenoxy) is 2. The van der Waals surface area contributed by atoms with Crippen LogP contribution in [-0.2, 0) is 4.74 Å². The largest absolute Gasteiger partial charge is 0.497 e. The van der Waals surface area contributed by atoms with E-state index in [1.54, 1.807) is 30.2 Å². The van der Waals surface area contributed by atoms with Crippen LogP contribution in [0.4, 0.5) is 0 Å². The average Bonchev–Trinajstić information content (AvgIpc) is 2.93. The minimum atomic E-state index is -0.323. The number of carbonyl (C=O) groups is 1. The summed E-state index contributed by atoms with van der Waals surface area (Å²) in [6, 6.07) is 5.01. The van der Waals surface area contributed by atoms with Gasteiger partial charge in [0.1, 0.15) is 5.75 Å². The van der Waals surface area contributed by atoms with E-state index in [4.69, 9.17) is 21.1 Å². The van der Waals surface area contributed by atoms with E-state index >= 15 is 0 Å². The van der Waals surface area contributed by atoms with Gasteiger partial charge in [-0.15, -0.1) is 0 Å². The molecule has 1 aromatic carbocycles. The third-order valence-corrected chi connectivity index (χ3v) is 4.99. The zero-order chi connectivity index (χ0) is 15.7. The quantitative estimate of drug-likeness (QED) is 0.921. The summed E-state index contributed by atoms with van der Waals surface area (Å²) in [5, 5.41) is 10.3. The second-order valence-electron chi connectivity index (χ2n) is 6.12. The molecule has 2 atom stereocenters. The molecule has 5 nitrogen and oxygen atoms in total. The lowest BCUT2D eigenvalue weighted by molar-refractivity contribution is -0.0556. The Morgan fingerprint density at radius 3 is 3.05 bits per heavy atom. The Bertz CT molecular complexity index is 579. The van der Waals surface area contributed by atoms with Gasteiger partial charge in [-0.25, -0.2) is 0 Å². The third-order valence-electron chi connectivity index (χ3n) is 4.77. The molecular weight excluding hydrogens is 306 g/mol. The van der Waals surface area contributed by atoms with Gasteiger partial charge in [-0.05, 0) is 30.5 Å². The standard InChI is InChI=1S/C16H20ClNO4/c1-21-14-5-11(4-13(17)6-14)15(20)18-7-12-2-3-22-10-16(12,8-18)9-19/h4-6,12,19H,2-3,7-10H2,1H3/t12-,16+/m0/s1. The molecule has 1 N–H and O–H groups in total. The maximum Gasteiger partial charge on any atom is 0.254 e. The van der Waals surface area contributed by atoms with Crippen LogP contribution in [0.3, 0.4) is 0 Å². The summed E-state index contributed by atoms with van der Waals surface area (Å²) < 4.78 is 10.7. The highest BCUT2D eigenvalue weighted by atomic mass is 35.5. The molecule has 1 aromatic rings. The van der Waals surface area contributed by atoms with Crippen LogP contribution in [0, 0.1) is 11.3 Å². The molecule has 2 saturated heterocycles. The second-order valence-corrected chi connectivity index (χ2v) is 6.56. The van der Waals surface area contributed by atoms with Crippen LogP contribution in [0.15, 0.2) is 18.2 Å². The summed E-state index contributed by atoms with van der Waals surface area (Å²) in [6.45, 7) is 2.41. The second kappa shape index (κ2) is 6.07. The molecule has 120 valence electrons. The number of likely N-dealkylation sites (tertiary alicyclic amines) is 1. The number of halogens is 1. The number of benzene rings is 1. The number of carbonyl (C=O) groups excluding carboxylic acids is 1. The lowest BCUT2D eigenvalue weighted by Crippen LogP contribution is -2.43. The van der Waals surface area contributed by atoms with Crippen LogP contribution in [-0.4, -0.2) is 55.9 Å². The summed E-state index contributed by atoms with van der Waals surface area (Å²) >= 11 is 6.05. The monoisotopic (exact) mass is 325 g/mol. The van der Waals surface area contributed by atoms with Gasteiger partial charge in [-0.3, -0.25) is 4.79 Å². The number of methoxy groups -OCH3 is 1. The lowest BCUT2D eigenvalue weighted by atomic mass is 9.76. The van der Waals surface area contributed by atoms with Gasteiger partial charge in [0.05, 0.1) is 20.3 Å². The first-order valence-corrected chi connectivity index (χ1v) is 7.78. The number of hydrogen-bond acceptors (Lipinski definition) is 4. The van der Waals surface area contributed by atoms with Gasteiger partial charge in [-0.1, -0.05) is 11.6 Å². The Morgan fingerprint density at radius 2 is 2.36 bits per heavy atom. The van der Waals surface area contributed by atoms with Gasteiger partial charge in [0.25, 0.3) is 5.91 Å². The molecule has 2 fully saturated rings. The molecule has 1 amide bonds. The van der Waals surface area contributed by atoms with Crippen molar-refractivity contribution in [3.8, 4) is 5.75 Å². The molecule has 6 heteroatoms. The zero-order valence-corrected chi connectivity index (χ0v) is 13.3. The number of fused-ring (bicyclic) bond motifs is 1. The lowest BCUT2D eigenvalue weighted by Gasteiger charge is -2.36. The van der Waals surface area contributed by atoms with E-state index < -0.39 is 0 Å². The van der Waals surface area contributed by atoms with Gasteiger partial charge in [-0.2, -0.15) is 0 Å². The van der Waals surface area contributed by atoms with Crippen LogP contribution in [0.1, 0.15) is 16.8 Å². The van der Waals surface area contributed by atoms with Gasteiger partial charge in [0.15, 0.2) is 0 Å². The molecule has 2 aliphatic rings. The summed E-state index contributed by atoms with van der Waals surface area (Å²) in [5.74, 6) is 0.770. The molecule has 0 saturated carbocycles. The SMILES string of the molecule is COc1cc(Cl)cc(C(=O)N2C[C@@H]3CCOC[C@]3(CO)C2)c1. The number of rotatable bonds is 3. The predicted octanol–water partition coefficient (Wildman–Crippen LogP) is 1.82. The van der Waals surface area contributed by atoms with Crippen LogP contribution in [0.5, 0.6) is 5.75 Å². The minimum Gasteiger partial charge on any atom is -0.497 e. The number of aliphatic hydroxyl groups excluding tert-OH is 1. The van der Waals surface area contributed by atoms with E-state index in [1.165, 1.54) is 0 Å². The van der Waals surface area contributed by atoms with Crippen molar-refractivity contribution in [1.29, 1.82) is 0 Å². The van der Waals surface area contributed by atoms with Crippen molar-refractivity contribution >= 4 is 17.5 Å². The summed E-state index contributed by atoms with van der Waals surface area (Å²) in [6.07, 6.45) is 0.878. The van der Waals surface area contributed by atoms with Crippen molar-refractivity contribution in [2.75, 3.05) is 40.0 Å². The molecule has 0 spiro atoms. The molecular formula is C16H20ClNO4. The van der Waals surface area contributed by atoms with E-state index in [-0.39, 0.29) is 23.8 Å². The van der Waals surface area contributed by atoms with Gasteiger partial charge in [0, 0.05) is 35.7 Å². The Kier molecular flexibility index (Phi) is 4.30. The molecule has 2 aliphatic heterocycles. The highest BCUT2D eigenvalue weighted by molar-refractivity contribution is 6.31. The molecule has 0 unspecified atom stereocenters. The number of amides is 1. The first-order chi connectivity index (χ1) is 10.6. The Hall–Kier alpha value is -1.30. The Balaban J connectivity index is 1.83. The van der Waals surface area contributed by atoms with E-state index in [9.17, 15) is 9.90 Å². The van der Waals surface area contributed by atoms with Crippen LogP contribution in [0.25, 0.3) is 0 Å². The van der Waals surface area contributed by atoms with Crippen molar-refractivity contribution in [3.63, 3.8) is 0 Å². The fourth-order valence-electron chi connectivity index (χ4n) is 3.46. The fourth-order valence-corrected chi connectivity index (χ4v) is 3.69. The van der Waals surface area contributed by atoms with E-state index in [2.05, 4.69) is 0 Å². The van der Waals surface area contributed by atoms with Gasteiger partial charge < -0.3 is 19.5 Å². The first-order valence-electron chi connectivity index (χ1n) is 7.40. The molecule has 2 heterocycles. The number of aliphatic hydroxyl groups is 1. The highest BCUT2D eigenvalue weighted by Crippen LogP contribution is 2.41. The van der Waals surface area contributed by atoms with Gasteiger partial charge in [0.2, 0.25) is 0 Å². The highest BCUT2D eigenvalue weighted by Gasteiger charge is 2.49. The molecule has 0 radical (unpaired) electrons. The fraction of sp³-hybridized carbons (Fsp3) is 0.562. The molecule has 3 rings (SSSR count). The summed E-state index contributed by atoms with van der Waals surface area (Å²) in [7, 11) is 1.54. The van der Waals surface area contributed by atoms with Crippen LogP contribution in [0.2, 0.25) is 5.02 Å². The molecule has 0 aliphatic carbocycles. The predicted molar refractivity (Wildman–Crippen MR) is 82.4 cm³/mol. The number of hydrogen-bond donors (Lipinski definition) is 1. The third kappa shape index (κ3) is 2.69. The van der Waals surface area contributed by atoms with Gasteiger partial charge >= 0.3 is 0 Å². The zero-order valence-electron chi connectivity index (χ0n) is 12.5. The molecule has 22 heavy (non-hydrogen) atoms. The minimum absolute atomic E-state index is 0.0420. The van der Waals surface area contributed by atoms with E-state index in [0.29, 0.717) is 42.6 Å². The van der Waals surface area contributed by atoms with Crippen molar-refractivity contribution in [2.45, 2.75) is 6.42 Å². The van der Waals surface area contributed by atoms with Crippen molar-refractivity contribution in [1.82, 2.24) is 4.90 Å². The van der Waals surface area contributed by atoms with Crippen LogP contribution >= 0.6 is 11.6 Å². The smallest absolute Gasteiger partial charge is 0.254 e. The molecule has 0 bridgehead atoms. The van der Waals surface area contributed by atoms with E-state index in [0.717, 1.165) is 6.42 Å². The summed E-state index contributed by atoms with van der Waals surface area (Å²) in [4.78, 5) is 14.6. The van der Waals surface area contributed by atoms with Crippen molar-refractivity contribution in [2.24, 2.45) is 11.3 Å². The Morgan fingerprint density at radius 1 is 1.55 bits per heavy atom. The maximum atomic E-state index is 12.8. The normalized spacial score (nSPS) is 27.6. The van der Waals surface area contributed by atoms with Crippen molar-refractivity contribution in [3.05, 3.63) is 28.8 Å². The van der Waals surface area contributed by atoms with Crippen LogP contribution < -0.4 is 4.74 Å². The average molecular weight is 326 g/mol. The first kappa shape index (κ1) is 15.6. The van der Waals surface area contributed by atoms with Crippen molar-refractivity contribution < 1.29 is 19.4 Å². The molecule has 0 aromatic heterocycles. The Labute approximate surface area is 134 Å². The topological polar surface area (TPSA) is 59.0 Å². The number of nitrogens with zero attached hydrogens (tertiary/aromatic N) is 1. The van der Waals surface area contributed by atoms with E-state index in [1.807, 2.05) is 0 Å². The summed E-state index contributed by atoms with van der Waals surface area (Å²) in [5.41, 5.74) is 0.188.